The Labute approximate surface area is 161 Å². The Balaban J connectivity index is 1.58. The molecule has 3 rings (SSSR count). The van der Waals surface area contributed by atoms with Crippen molar-refractivity contribution >= 4 is 17.5 Å². The number of nitrogens with one attached hydrogen (secondary N) is 2. The second kappa shape index (κ2) is 9.52. The lowest BCUT2D eigenvalue weighted by Crippen LogP contribution is -2.25. The molecule has 28 heavy (non-hydrogen) atoms. The van der Waals surface area contributed by atoms with Gasteiger partial charge in [-0.25, -0.2) is 0 Å². The first kappa shape index (κ1) is 19.4. The van der Waals surface area contributed by atoms with Gasteiger partial charge in [-0.15, -0.1) is 0 Å². The molecule has 0 bridgehead atoms. The summed E-state index contributed by atoms with van der Waals surface area (Å²) in [5.74, 6) is 0.176. The van der Waals surface area contributed by atoms with Crippen LogP contribution in [0.3, 0.4) is 0 Å². The van der Waals surface area contributed by atoms with Crippen molar-refractivity contribution in [3.8, 4) is 11.5 Å². The van der Waals surface area contributed by atoms with E-state index in [4.69, 9.17) is 13.7 Å². The molecule has 3 aromatic rings. The van der Waals surface area contributed by atoms with E-state index in [0.717, 1.165) is 6.42 Å². The predicted octanol–water partition coefficient (Wildman–Crippen LogP) is 3.34. The molecule has 2 heterocycles. The summed E-state index contributed by atoms with van der Waals surface area (Å²) in [6.45, 7) is 3.70. The highest BCUT2D eigenvalue weighted by atomic mass is 16.5. The van der Waals surface area contributed by atoms with Gasteiger partial charge in [0.2, 0.25) is 5.76 Å². The van der Waals surface area contributed by atoms with Crippen LogP contribution in [0.2, 0.25) is 0 Å². The van der Waals surface area contributed by atoms with Crippen molar-refractivity contribution in [2.24, 2.45) is 0 Å². The zero-order chi connectivity index (χ0) is 19.8. The number of carbonyl (C=O) groups excluding carboxylic acids is 2. The highest BCUT2D eigenvalue weighted by Crippen LogP contribution is 2.21. The van der Waals surface area contributed by atoms with Gasteiger partial charge in [0.25, 0.3) is 11.8 Å². The molecule has 0 radical (unpaired) electrons. The summed E-state index contributed by atoms with van der Waals surface area (Å²) in [7, 11) is 0. The van der Waals surface area contributed by atoms with Gasteiger partial charge in [-0.05, 0) is 43.7 Å². The van der Waals surface area contributed by atoms with Crippen LogP contribution in [-0.2, 0) is 4.74 Å². The lowest BCUT2D eigenvalue weighted by molar-refractivity contribution is 0.0942. The largest absolute Gasteiger partial charge is 0.461 e. The molecule has 0 spiro atoms. The van der Waals surface area contributed by atoms with E-state index in [0.29, 0.717) is 42.5 Å². The number of anilines is 1. The summed E-state index contributed by atoms with van der Waals surface area (Å²) in [6, 6.07) is 11.6. The third kappa shape index (κ3) is 5.08. The standard InChI is InChI=1S/C20H21N3O5/c1-2-26-10-5-9-21-19(24)14-6-3-7-15(12-14)22-20(25)16-13-18(28-23-16)17-8-4-11-27-17/h3-4,6-8,11-13H,2,5,9-10H2,1H3,(H,21,24)(H,22,25). The molecule has 0 aliphatic rings. The minimum Gasteiger partial charge on any atom is -0.461 e. The number of nitrogens with zero attached hydrogens (tertiary/aromatic N) is 1. The Kier molecular flexibility index (Phi) is 6.59. The minimum absolute atomic E-state index is 0.108. The number of ether oxygens (including phenoxy) is 1. The van der Waals surface area contributed by atoms with Crippen molar-refractivity contribution in [3.63, 3.8) is 0 Å². The number of hydrogen-bond donors (Lipinski definition) is 2. The molecule has 146 valence electrons. The molecule has 2 amide bonds. The van der Waals surface area contributed by atoms with E-state index in [2.05, 4.69) is 15.8 Å². The molecular formula is C20H21N3O5. The van der Waals surface area contributed by atoms with Crippen molar-refractivity contribution < 1.29 is 23.3 Å². The number of amides is 2. The summed E-state index contributed by atoms with van der Waals surface area (Å²) >= 11 is 0. The van der Waals surface area contributed by atoms with Crippen LogP contribution in [0, 0.1) is 0 Å². The SMILES string of the molecule is CCOCCCNC(=O)c1cccc(NC(=O)c2cc(-c3ccco3)on2)c1. The maximum absolute atomic E-state index is 12.4. The van der Waals surface area contributed by atoms with Gasteiger partial charge in [-0.1, -0.05) is 11.2 Å². The Morgan fingerprint density at radius 3 is 2.79 bits per heavy atom. The van der Waals surface area contributed by atoms with E-state index >= 15 is 0 Å². The van der Waals surface area contributed by atoms with E-state index < -0.39 is 5.91 Å². The number of aromatic nitrogens is 1. The molecule has 0 unspecified atom stereocenters. The van der Waals surface area contributed by atoms with Gasteiger partial charge >= 0.3 is 0 Å². The average molecular weight is 383 g/mol. The van der Waals surface area contributed by atoms with Crippen molar-refractivity contribution in [1.29, 1.82) is 0 Å². The van der Waals surface area contributed by atoms with Crippen molar-refractivity contribution in [2.45, 2.75) is 13.3 Å². The van der Waals surface area contributed by atoms with Gasteiger partial charge in [0.1, 0.15) is 0 Å². The Hall–Kier alpha value is -3.39. The molecule has 0 saturated heterocycles. The Bertz CT molecular complexity index is 918. The minimum atomic E-state index is -0.448. The second-order valence-corrected chi connectivity index (χ2v) is 5.90. The fraction of sp³-hybridized carbons (Fsp3) is 0.250. The zero-order valence-corrected chi connectivity index (χ0v) is 15.4. The third-order valence-electron chi connectivity index (χ3n) is 3.84. The second-order valence-electron chi connectivity index (χ2n) is 5.90. The van der Waals surface area contributed by atoms with Crippen LogP contribution in [0.5, 0.6) is 0 Å². The fourth-order valence-electron chi connectivity index (χ4n) is 2.47. The first-order valence-electron chi connectivity index (χ1n) is 8.95. The molecule has 2 N–H and O–H groups in total. The van der Waals surface area contributed by atoms with E-state index in [1.165, 1.54) is 12.3 Å². The molecule has 2 aromatic heterocycles. The highest BCUT2D eigenvalue weighted by Gasteiger charge is 2.16. The van der Waals surface area contributed by atoms with Gasteiger partial charge < -0.3 is 24.3 Å². The van der Waals surface area contributed by atoms with Gasteiger partial charge in [0.05, 0.1) is 6.26 Å². The van der Waals surface area contributed by atoms with Crippen molar-refractivity contribution in [3.05, 3.63) is 60.0 Å². The van der Waals surface area contributed by atoms with Gasteiger partial charge in [-0.2, -0.15) is 0 Å². The number of carbonyl (C=O) groups is 2. The predicted molar refractivity (Wildman–Crippen MR) is 102 cm³/mol. The molecule has 0 aliphatic carbocycles. The molecule has 0 saturated carbocycles. The van der Waals surface area contributed by atoms with Crippen LogP contribution in [-0.4, -0.2) is 36.7 Å². The molecule has 1 aromatic carbocycles. The van der Waals surface area contributed by atoms with Crippen LogP contribution in [0.1, 0.15) is 34.2 Å². The van der Waals surface area contributed by atoms with Crippen LogP contribution >= 0.6 is 0 Å². The summed E-state index contributed by atoms with van der Waals surface area (Å²) in [5, 5.41) is 9.28. The zero-order valence-electron chi connectivity index (χ0n) is 15.4. The van der Waals surface area contributed by atoms with Crippen LogP contribution in [0.15, 0.2) is 57.7 Å². The third-order valence-corrected chi connectivity index (χ3v) is 3.84. The maximum atomic E-state index is 12.4. The lowest BCUT2D eigenvalue weighted by atomic mass is 10.2. The highest BCUT2D eigenvalue weighted by molar-refractivity contribution is 6.04. The molecule has 0 fully saturated rings. The normalized spacial score (nSPS) is 10.6. The molecule has 0 atom stereocenters. The molecule has 8 nitrogen and oxygen atoms in total. The first-order chi connectivity index (χ1) is 13.7. The maximum Gasteiger partial charge on any atom is 0.277 e. The summed E-state index contributed by atoms with van der Waals surface area (Å²) < 4.78 is 15.6. The van der Waals surface area contributed by atoms with E-state index in [-0.39, 0.29) is 11.6 Å². The van der Waals surface area contributed by atoms with Crippen molar-refractivity contribution in [2.75, 3.05) is 25.1 Å². The number of furan rings is 1. The average Bonchev–Trinajstić information content (AvgIpc) is 3.39. The molecule has 0 aliphatic heterocycles. The quantitative estimate of drug-likeness (QED) is 0.549. The van der Waals surface area contributed by atoms with E-state index in [1.54, 1.807) is 36.4 Å². The van der Waals surface area contributed by atoms with Gasteiger partial charge in [0, 0.05) is 37.1 Å². The Morgan fingerprint density at radius 1 is 1.11 bits per heavy atom. The smallest absolute Gasteiger partial charge is 0.277 e. The number of benzene rings is 1. The van der Waals surface area contributed by atoms with Crippen molar-refractivity contribution in [1.82, 2.24) is 10.5 Å². The summed E-state index contributed by atoms with van der Waals surface area (Å²) in [6.07, 6.45) is 2.24. The summed E-state index contributed by atoms with van der Waals surface area (Å²) in [4.78, 5) is 24.6. The lowest BCUT2D eigenvalue weighted by Gasteiger charge is -2.08. The molecule has 8 heteroatoms. The van der Waals surface area contributed by atoms with E-state index in [9.17, 15) is 9.59 Å². The van der Waals surface area contributed by atoms with Crippen LogP contribution < -0.4 is 10.6 Å². The summed E-state index contributed by atoms with van der Waals surface area (Å²) in [5.41, 5.74) is 1.04. The topological polar surface area (TPSA) is 107 Å². The molecular weight excluding hydrogens is 362 g/mol. The number of rotatable bonds is 9. The van der Waals surface area contributed by atoms with Gasteiger partial charge in [0.15, 0.2) is 11.5 Å². The Morgan fingerprint density at radius 2 is 2.00 bits per heavy atom. The van der Waals surface area contributed by atoms with Crippen LogP contribution in [0.25, 0.3) is 11.5 Å². The monoisotopic (exact) mass is 383 g/mol. The van der Waals surface area contributed by atoms with Crippen LogP contribution in [0.4, 0.5) is 5.69 Å². The van der Waals surface area contributed by atoms with E-state index in [1.807, 2.05) is 6.92 Å². The first-order valence-corrected chi connectivity index (χ1v) is 8.95. The number of hydrogen-bond acceptors (Lipinski definition) is 6. The van der Waals surface area contributed by atoms with Gasteiger partial charge in [-0.3, -0.25) is 9.59 Å². The fourth-order valence-corrected chi connectivity index (χ4v) is 2.47.